The van der Waals surface area contributed by atoms with E-state index < -0.39 is 15.9 Å². The summed E-state index contributed by atoms with van der Waals surface area (Å²) < 4.78 is 23.7. The highest BCUT2D eigenvalue weighted by Crippen LogP contribution is 2.12. The highest BCUT2D eigenvalue weighted by atomic mass is 32.2. The van der Waals surface area contributed by atoms with Crippen molar-refractivity contribution < 1.29 is 13.5 Å². The molecule has 0 aliphatic heterocycles. The molecule has 0 bridgehead atoms. The van der Waals surface area contributed by atoms with Gasteiger partial charge in [-0.3, -0.25) is 0 Å². The number of hydrogen-bond donors (Lipinski definition) is 1. The maximum Gasteiger partial charge on any atom is 0.199 e. The molecule has 0 aromatic heterocycles. The van der Waals surface area contributed by atoms with Crippen LogP contribution in [0.2, 0.25) is 0 Å². The van der Waals surface area contributed by atoms with Gasteiger partial charge in [-0.2, -0.15) is 0 Å². The van der Waals surface area contributed by atoms with E-state index in [2.05, 4.69) is 6.92 Å². The largest absolute Gasteiger partial charge is 0.389 e. The first-order valence-corrected chi connectivity index (χ1v) is 7.77. The Labute approximate surface area is 109 Å². The van der Waals surface area contributed by atoms with Crippen LogP contribution in [0.4, 0.5) is 0 Å². The Morgan fingerprint density at radius 3 is 2.50 bits per heavy atom. The molecule has 1 aromatic carbocycles. The third-order valence-corrected chi connectivity index (χ3v) is 4.10. The number of benzene rings is 1. The zero-order valence-corrected chi connectivity index (χ0v) is 11.4. The average Bonchev–Trinajstić information content (AvgIpc) is 2.38. The summed E-state index contributed by atoms with van der Waals surface area (Å²) in [7, 11) is -3.43. The SMILES string of the molecule is CCCCC[C@H](O)/C=C/S(=O)(=O)c1ccccc1. The summed E-state index contributed by atoms with van der Waals surface area (Å²) in [4.78, 5) is 0.252. The van der Waals surface area contributed by atoms with E-state index in [0.717, 1.165) is 24.7 Å². The van der Waals surface area contributed by atoms with Crippen molar-refractivity contribution in [2.75, 3.05) is 0 Å². The van der Waals surface area contributed by atoms with Crippen molar-refractivity contribution in [3.8, 4) is 0 Å². The summed E-state index contributed by atoms with van der Waals surface area (Å²) in [5, 5.41) is 10.7. The normalized spacial score (nSPS) is 13.9. The maximum atomic E-state index is 11.9. The van der Waals surface area contributed by atoms with Gasteiger partial charge in [0.15, 0.2) is 9.84 Å². The summed E-state index contributed by atoms with van der Waals surface area (Å²) in [6.07, 6.45) is 4.32. The monoisotopic (exact) mass is 268 g/mol. The van der Waals surface area contributed by atoms with Gasteiger partial charge in [-0.05, 0) is 24.6 Å². The fourth-order valence-electron chi connectivity index (χ4n) is 1.58. The predicted molar refractivity (Wildman–Crippen MR) is 72.9 cm³/mol. The molecule has 0 unspecified atom stereocenters. The molecular weight excluding hydrogens is 248 g/mol. The fourth-order valence-corrected chi connectivity index (χ4v) is 2.66. The lowest BCUT2D eigenvalue weighted by Gasteiger charge is -2.04. The highest BCUT2D eigenvalue weighted by molar-refractivity contribution is 7.94. The Morgan fingerprint density at radius 1 is 1.22 bits per heavy atom. The lowest BCUT2D eigenvalue weighted by atomic mass is 10.1. The van der Waals surface area contributed by atoms with E-state index in [-0.39, 0.29) is 4.90 Å². The van der Waals surface area contributed by atoms with Gasteiger partial charge in [0.1, 0.15) is 0 Å². The molecule has 1 atom stereocenters. The van der Waals surface area contributed by atoms with Gasteiger partial charge in [-0.1, -0.05) is 44.4 Å². The molecule has 100 valence electrons. The van der Waals surface area contributed by atoms with Crippen LogP contribution in [-0.4, -0.2) is 19.6 Å². The Bertz CT molecular complexity index is 463. The van der Waals surface area contributed by atoms with Crippen LogP contribution in [0.1, 0.15) is 32.6 Å². The molecule has 0 fully saturated rings. The Morgan fingerprint density at radius 2 is 1.89 bits per heavy atom. The Balaban J connectivity index is 2.60. The van der Waals surface area contributed by atoms with Gasteiger partial charge in [0.05, 0.1) is 11.0 Å². The molecule has 3 nitrogen and oxygen atoms in total. The Kier molecular flexibility index (Phi) is 6.09. The molecular formula is C14H20O3S. The minimum absolute atomic E-state index is 0.252. The van der Waals surface area contributed by atoms with Crippen LogP contribution in [0.15, 0.2) is 46.7 Å². The number of aliphatic hydroxyl groups is 1. The van der Waals surface area contributed by atoms with Crippen LogP contribution >= 0.6 is 0 Å². The summed E-state index contributed by atoms with van der Waals surface area (Å²) >= 11 is 0. The molecule has 0 saturated carbocycles. The minimum Gasteiger partial charge on any atom is -0.389 e. The molecule has 1 rings (SSSR count). The van der Waals surface area contributed by atoms with Crippen LogP contribution in [0.25, 0.3) is 0 Å². The highest BCUT2D eigenvalue weighted by Gasteiger charge is 2.09. The molecule has 0 spiro atoms. The van der Waals surface area contributed by atoms with Crippen LogP contribution in [0.3, 0.4) is 0 Å². The van der Waals surface area contributed by atoms with Crippen molar-refractivity contribution in [3.63, 3.8) is 0 Å². The maximum absolute atomic E-state index is 11.9. The first-order valence-electron chi connectivity index (χ1n) is 6.22. The van der Waals surface area contributed by atoms with Crippen molar-refractivity contribution in [1.82, 2.24) is 0 Å². The van der Waals surface area contributed by atoms with Gasteiger partial charge in [0.25, 0.3) is 0 Å². The molecule has 1 N–H and O–H groups in total. The van der Waals surface area contributed by atoms with E-state index in [0.29, 0.717) is 6.42 Å². The van der Waals surface area contributed by atoms with Gasteiger partial charge >= 0.3 is 0 Å². The van der Waals surface area contributed by atoms with E-state index >= 15 is 0 Å². The number of sulfone groups is 1. The average molecular weight is 268 g/mol. The molecule has 0 heterocycles. The molecule has 18 heavy (non-hydrogen) atoms. The van der Waals surface area contributed by atoms with Crippen molar-refractivity contribution in [2.24, 2.45) is 0 Å². The van der Waals surface area contributed by atoms with Gasteiger partial charge in [-0.15, -0.1) is 0 Å². The zero-order valence-electron chi connectivity index (χ0n) is 10.6. The molecule has 0 radical (unpaired) electrons. The summed E-state index contributed by atoms with van der Waals surface area (Å²) in [6, 6.07) is 8.21. The summed E-state index contributed by atoms with van der Waals surface area (Å²) in [6.45, 7) is 2.09. The molecule has 0 saturated heterocycles. The Hall–Kier alpha value is -1.13. The van der Waals surface area contributed by atoms with Crippen molar-refractivity contribution in [2.45, 2.75) is 43.6 Å². The number of hydrogen-bond acceptors (Lipinski definition) is 3. The predicted octanol–water partition coefficient (Wildman–Crippen LogP) is 2.92. The fraction of sp³-hybridized carbons (Fsp3) is 0.429. The van der Waals surface area contributed by atoms with Gasteiger partial charge in [-0.25, -0.2) is 8.42 Å². The topological polar surface area (TPSA) is 54.4 Å². The van der Waals surface area contributed by atoms with Gasteiger partial charge in [0, 0.05) is 5.41 Å². The second-order valence-electron chi connectivity index (χ2n) is 4.25. The third-order valence-electron chi connectivity index (χ3n) is 2.66. The van der Waals surface area contributed by atoms with E-state index in [4.69, 9.17) is 0 Å². The summed E-state index contributed by atoms with van der Waals surface area (Å²) in [5.41, 5.74) is 0. The molecule has 0 amide bonds. The zero-order chi connectivity index (χ0) is 13.4. The van der Waals surface area contributed by atoms with Crippen LogP contribution < -0.4 is 0 Å². The van der Waals surface area contributed by atoms with Gasteiger partial charge < -0.3 is 5.11 Å². The van der Waals surface area contributed by atoms with E-state index in [1.165, 1.54) is 6.08 Å². The van der Waals surface area contributed by atoms with E-state index in [1.54, 1.807) is 30.3 Å². The number of unbranched alkanes of at least 4 members (excludes halogenated alkanes) is 2. The first kappa shape index (κ1) is 14.9. The van der Waals surface area contributed by atoms with Crippen LogP contribution in [0.5, 0.6) is 0 Å². The van der Waals surface area contributed by atoms with Crippen LogP contribution in [-0.2, 0) is 9.84 Å². The van der Waals surface area contributed by atoms with Crippen molar-refractivity contribution >= 4 is 9.84 Å². The molecule has 4 heteroatoms. The van der Waals surface area contributed by atoms with E-state index in [1.807, 2.05) is 0 Å². The molecule has 0 aliphatic carbocycles. The molecule has 1 aromatic rings. The number of rotatable bonds is 7. The second-order valence-corrected chi connectivity index (χ2v) is 6.08. The van der Waals surface area contributed by atoms with Gasteiger partial charge in [0.2, 0.25) is 0 Å². The smallest absolute Gasteiger partial charge is 0.199 e. The number of aliphatic hydroxyl groups excluding tert-OH is 1. The van der Waals surface area contributed by atoms with E-state index in [9.17, 15) is 13.5 Å². The van der Waals surface area contributed by atoms with Crippen molar-refractivity contribution in [3.05, 3.63) is 41.8 Å². The molecule has 0 aliphatic rings. The third kappa shape index (κ3) is 5.02. The summed E-state index contributed by atoms with van der Waals surface area (Å²) in [5.74, 6) is 0. The first-order chi connectivity index (χ1) is 8.56. The quantitative estimate of drug-likeness (QED) is 0.774. The standard InChI is InChI=1S/C14H20O3S/c1-2-3-5-8-13(15)11-12-18(16,17)14-9-6-4-7-10-14/h4,6-7,9-13,15H,2-3,5,8H2,1H3/b12-11+/t13-/m0/s1. The van der Waals surface area contributed by atoms with Crippen molar-refractivity contribution in [1.29, 1.82) is 0 Å². The lowest BCUT2D eigenvalue weighted by molar-refractivity contribution is 0.208. The van der Waals surface area contributed by atoms with Crippen LogP contribution in [0, 0.1) is 0 Å². The second kappa shape index (κ2) is 7.34. The minimum atomic E-state index is -3.43. The lowest BCUT2D eigenvalue weighted by Crippen LogP contribution is -2.04.